The van der Waals surface area contributed by atoms with E-state index >= 15 is 0 Å². The zero-order valence-corrected chi connectivity index (χ0v) is 22.4. The highest BCUT2D eigenvalue weighted by atomic mass is 31.3. The number of nitrogens with one attached hydrogen (secondary N) is 2. The Balaban J connectivity index is 1.59. The van der Waals surface area contributed by atoms with E-state index in [1.807, 2.05) is 4.98 Å². The summed E-state index contributed by atoms with van der Waals surface area (Å²) in [6, 6.07) is 7.46. The summed E-state index contributed by atoms with van der Waals surface area (Å²) in [6.07, 6.45) is -6.25. The molecule has 0 aliphatic carbocycles. The zero-order chi connectivity index (χ0) is 29.2. The molecule has 24 heteroatoms. The van der Waals surface area contributed by atoms with E-state index in [9.17, 15) is 57.6 Å². The molecular formula is C15H17N3O17P4-4. The van der Waals surface area contributed by atoms with Gasteiger partial charge in [-0.3, -0.25) is 36.9 Å². The number of hydrogen-bond acceptors (Lipinski definition) is 17. The van der Waals surface area contributed by atoms with Crippen LogP contribution in [0.2, 0.25) is 0 Å². The molecular weight excluding hydrogens is 618 g/mol. The number of H-pyrrole nitrogens is 1. The fourth-order valence-electron chi connectivity index (χ4n) is 3.01. The Hall–Kier alpha value is -1.82. The molecule has 5 unspecified atom stereocenters. The lowest BCUT2D eigenvalue weighted by molar-refractivity contribution is -0.251. The Morgan fingerprint density at radius 1 is 0.897 bits per heavy atom. The molecule has 1 saturated heterocycles. The maximum Gasteiger partial charge on any atom is 0.330 e. The number of aromatic nitrogens is 2. The highest BCUT2D eigenvalue weighted by Gasteiger charge is 2.44. The first kappa shape index (κ1) is 31.7. The third-order valence-corrected chi connectivity index (χ3v) is 10.4. The van der Waals surface area contributed by atoms with Gasteiger partial charge in [-0.05, 0) is 12.1 Å². The minimum atomic E-state index is -6.43. The van der Waals surface area contributed by atoms with Crippen LogP contribution in [0, 0.1) is 0 Å². The summed E-state index contributed by atoms with van der Waals surface area (Å²) < 4.78 is 68.0. The zero-order valence-electron chi connectivity index (χ0n) is 18.8. The third-order valence-electron chi connectivity index (χ3n) is 4.51. The molecule has 1 aliphatic rings. The van der Waals surface area contributed by atoms with Gasteiger partial charge in [0.25, 0.3) is 29.0 Å². The Morgan fingerprint density at radius 2 is 1.49 bits per heavy atom. The Morgan fingerprint density at radius 3 is 2.10 bits per heavy atom. The highest BCUT2D eigenvalue weighted by Crippen LogP contribution is 2.66. The molecule has 0 saturated carbocycles. The molecule has 0 spiro atoms. The Bertz CT molecular complexity index is 1480. The summed E-state index contributed by atoms with van der Waals surface area (Å²) in [7, 11) is -24.3. The van der Waals surface area contributed by atoms with Crippen molar-refractivity contribution >= 4 is 36.9 Å². The molecule has 2 aromatic rings. The average Bonchev–Trinajstić information content (AvgIpc) is 3.04. The van der Waals surface area contributed by atoms with E-state index in [1.165, 1.54) is 30.3 Å². The number of nitrogens with zero attached hydrogens (tertiary/aromatic N) is 1. The number of benzene rings is 1. The number of phosphoric ester groups is 1. The number of hydrogen-bond donors (Lipinski definition) is 4. The summed E-state index contributed by atoms with van der Waals surface area (Å²) in [5.41, 5.74) is -2.03. The lowest BCUT2D eigenvalue weighted by Crippen LogP contribution is -2.37. The molecule has 0 amide bonds. The third kappa shape index (κ3) is 9.09. The predicted octanol–water partition coefficient (Wildman–Crippen LogP) is -2.79. The Labute approximate surface area is 216 Å². The second kappa shape index (κ2) is 12.0. The molecule has 39 heavy (non-hydrogen) atoms. The van der Waals surface area contributed by atoms with Crippen molar-refractivity contribution in [2.75, 3.05) is 11.7 Å². The first-order chi connectivity index (χ1) is 17.9. The number of phosphoric acid groups is 3. The van der Waals surface area contributed by atoms with Crippen molar-refractivity contribution in [3.63, 3.8) is 0 Å². The van der Waals surface area contributed by atoms with Crippen LogP contribution in [-0.2, 0) is 40.5 Å². The van der Waals surface area contributed by atoms with Crippen LogP contribution in [-0.4, -0.2) is 44.7 Å². The van der Waals surface area contributed by atoms with Gasteiger partial charge < -0.3 is 44.1 Å². The molecule has 0 radical (unpaired) electrons. The number of para-hydroxylation sites is 1. The molecule has 4 N–H and O–H groups in total. The van der Waals surface area contributed by atoms with Crippen LogP contribution in [0.25, 0.3) is 0 Å². The van der Waals surface area contributed by atoms with E-state index < -0.39 is 73.6 Å². The van der Waals surface area contributed by atoms with Gasteiger partial charge in [0.15, 0.2) is 6.23 Å². The van der Waals surface area contributed by atoms with Crippen LogP contribution in [0.4, 0.5) is 5.69 Å². The lowest BCUT2D eigenvalue weighted by atomic mass is 10.1. The topological polar surface area (TPSA) is 314 Å². The van der Waals surface area contributed by atoms with E-state index in [4.69, 9.17) is 4.74 Å². The second-order valence-corrected chi connectivity index (χ2v) is 13.5. The number of aliphatic hydroxyl groups is 2. The SMILES string of the molecule is O=c1ccn([C@@H]2O[C@H](COP(=O)([O-])OP(=O)([O-])OP(=O)([O-])OP(=O)([O-])Nc3ccccc3)C(O)[C@@H]2O)c(=O)[nH]1. The molecule has 20 nitrogen and oxygen atoms in total. The van der Waals surface area contributed by atoms with Crippen molar-refractivity contribution in [2.24, 2.45) is 0 Å². The van der Waals surface area contributed by atoms with Gasteiger partial charge in [-0.25, -0.2) is 13.4 Å². The van der Waals surface area contributed by atoms with Crippen LogP contribution in [0.15, 0.2) is 52.2 Å². The van der Waals surface area contributed by atoms with Gasteiger partial charge in [0.2, 0.25) is 7.75 Å². The van der Waals surface area contributed by atoms with Gasteiger partial charge >= 0.3 is 5.69 Å². The maximum atomic E-state index is 11.9. The molecule has 1 aliphatic heterocycles. The van der Waals surface area contributed by atoms with Gasteiger partial charge in [-0.15, -0.1) is 0 Å². The lowest BCUT2D eigenvalue weighted by Gasteiger charge is -2.36. The van der Waals surface area contributed by atoms with Gasteiger partial charge in [-0.2, -0.15) is 0 Å². The number of rotatable bonds is 12. The van der Waals surface area contributed by atoms with Gasteiger partial charge in [-0.1, -0.05) is 18.2 Å². The van der Waals surface area contributed by atoms with Gasteiger partial charge in [0, 0.05) is 18.0 Å². The first-order valence-electron chi connectivity index (χ1n) is 10.1. The molecule has 3 rings (SSSR count). The summed E-state index contributed by atoms with van der Waals surface area (Å²) in [4.78, 5) is 72.2. The van der Waals surface area contributed by atoms with Crippen molar-refractivity contribution in [1.29, 1.82) is 0 Å². The largest absolute Gasteiger partial charge is 0.761 e. The van der Waals surface area contributed by atoms with Crippen LogP contribution in [0.5, 0.6) is 0 Å². The molecule has 0 bridgehead atoms. The minimum Gasteiger partial charge on any atom is -0.761 e. The average molecular weight is 635 g/mol. The van der Waals surface area contributed by atoms with Crippen LogP contribution < -0.4 is 35.9 Å². The molecule has 2 heterocycles. The number of aliphatic hydroxyl groups excluding tert-OH is 2. The van der Waals surface area contributed by atoms with Crippen molar-refractivity contribution < 1.29 is 70.2 Å². The van der Waals surface area contributed by atoms with Crippen molar-refractivity contribution in [2.45, 2.75) is 24.5 Å². The van der Waals surface area contributed by atoms with Crippen LogP contribution in [0.1, 0.15) is 6.23 Å². The number of ether oxygens (including phenoxy) is 1. The summed E-state index contributed by atoms with van der Waals surface area (Å²) in [5, 5.41) is 21.8. The monoisotopic (exact) mass is 635 g/mol. The van der Waals surface area contributed by atoms with Gasteiger partial charge in [0.1, 0.15) is 18.3 Å². The smallest absolute Gasteiger partial charge is 0.330 e. The molecule has 218 valence electrons. The minimum absolute atomic E-state index is 0.177. The standard InChI is InChI=1S/C15H21N3O17P4/c19-11-6-7-18(15(22)16-11)14-13(21)12(20)10(32-14)8-31-37(25,26)34-39(29,30)35-38(27,28)33-36(23,24)17-9-4-2-1-3-5-9/h1-7,10,12-14,20-21H,8H2,(H,25,26)(H,27,28)(H,29,30)(H,16,19,22)(H2,17,23,24)/p-4/t10-,12?,13+,14-/m1/s1. The fraction of sp³-hybridized carbons (Fsp3) is 0.333. The summed E-state index contributed by atoms with van der Waals surface area (Å²) >= 11 is 0. The number of anilines is 1. The fourth-order valence-corrected chi connectivity index (χ4v) is 7.94. The van der Waals surface area contributed by atoms with Crippen molar-refractivity contribution in [3.05, 3.63) is 63.4 Å². The van der Waals surface area contributed by atoms with Crippen molar-refractivity contribution in [1.82, 2.24) is 9.55 Å². The van der Waals surface area contributed by atoms with E-state index in [2.05, 4.69) is 17.5 Å². The van der Waals surface area contributed by atoms with E-state index in [-0.39, 0.29) is 5.69 Å². The predicted molar refractivity (Wildman–Crippen MR) is 117 cm³/mol. The van der Waals surface area contributed by atoms with E-state index in [0.29, 0.717) is 4.57 Å². The molecule has 8 atom stereocenters. The van der Waals surface area contributed by atoms with Crippen LogP contribution >= 0.6 is 31.2 Å². The van der Waals surface area contributed by atoms with Crippen molar-refractivity contribution in [3.8, 4) is 0 Å². The van der Waals surface area contributed by atoms with E-state index in [1.54, 1.807) is 5.09 Å². The van der Waals surface area contributed by atoms with Gasteiger partial charge in [0.05, 0.1) is 6.61 Å². The molecule has 1 aromatic carbocycles. The highest BCUT2D eigenvalue weighted by molar-refractivity contribution is 7.69. The van der Waals surface area contributed by atoms with E-state index in [0.717, 1.165) is 12.3 Å². The maximum absolute atomic E-state index is 11.9. The normalized spacial score (nSPS) is 27.5. The van der Waals surface area contributed by atoms with Crippen LogP contribution in [0.3, 0.4) is 0 Å². The Kier molecular flexibility index (Phi) is 9.73. The summed E-state index contributed by atoms with van der Waals surface area (Å²) in [5.74, 6) is 0. The second-order valence-electron chi connectivity index (χ2n) is 7.42. The summed E-state index contributed by atoms with van der Waals surface area (Å²) in [6.45, 7) is -1.24. The number of aromatic amines is 1. The quantitative estimate of drug-likeness (QED) is 0.171. The molecule has 1 fully saturated rings. The molecule has 1 aromatic heterocycles. The first-order valence-corrected chi connectivity index (χ1v) is 16.0.